The first kappa shape index (κ1) is 20.0. The van der Waals surface area contributed by atoms with Crippen molar-refractivity contribution in [2.45, 2.75) is 57.7 Å². The number of aryl methyl sites for hydroxylation is 2. The van der Waals surface area contributed by atoms with Crippen LogP contribution in [0.1, 0.15) is 58.8 Å². The highest BCUT2D eigenvalue weighted by molar-refractivity contribution is 5.99. The van der Waals surface area contributed by atoms with Crippen LogP contribution in [0.4, 0.5) is 0 Å². The number of carbonyl (C=O) groups excluding carboxylic acids is 1. The van der Waals surface area contributed by atoms with E-state index in [2.05, 4.69) is 48.4 Å². The summed E-state index contributed by atoms with van der Waals surface area (Å²) in [6.45, 7) is 2.80. The van der Waals surface area contributed by atoms with E-state index in [9.17, 15) is 9.90 Å². The van der Waals surface area contributed by atoms with E-state index >= 15 is 0 Å². The van der Waals surface area contributed by atoms with Crippen LogP contribution in [0.2, 0.25) is 0 Å². The smallest absolute Gasteiger partial charge is 0.254 e. The number of carbonyl (C=O) groups is 1. The fourth-order valence-corrected chi connectivity index (χ4v) is 5.11. The zero-order valence-electron chi connectivity index (χ0n) is 18.2. The van der Waals surface area contributed by atoms with Gasteiger partial charge in [-0.1, -0.05) is 37.3 Å². The number of amides is 1. The monoisotopic (exact) mass is 415 g/mol. The van der Waals surface area contributed by atoms with Crippen molar-refractivity contribution in [1.82, 2.24) is 14.7 Å². The molecular formula is C26H29N3O2. The van der Waals surface area contributed by atoms with Crippen LogP contribution < -0.4 is 0 Å². The molecule has 1 saturated carbocycles. The third kappa shape index (κ3) is 3.68. The molecule has 5 nitrogen and oxygen atoms in total. The van der Waals surface area contributed by atoms with E-state index in [0.29, 0.717) is 6.54 Å². The Morgan fingerprint density at radius 1 is 1.10 bits per heavy atom. The van der Waals surface area contributed by atoms with Crippen LogP contribution in [0.25, 0.3) is 11.3 Å². The lowest BCUT2D eigenvalue weighted by molar-refractivity contribution is 0.0479. The van der Waals surface area contributed by atoms with E-state index in [1.165, 1.54) is 16.7 Å². The molecule has 1 aromatic heterocycles. The molecule has 2 atom stereocenters. The molecule has 1 amide bonds. The third-order valence-electron chi connectivity index (χ3n) is 6.84. The minimum absolute atomic E-state index is 0.0347. The van der Waals surface area contributed by atoms with Crippen molar-refractivity contribution in [2.24, 2.45) is 7.05 Å². The second-order valence-corrected chi connectivity index (χ2v) is 8.88. The molecule has 0 radical (unpaired) electrons. The van der Waals surface area contributed by atoms with Gasteiger partial charge in [-0.15, -0.1) is 0 Å². The molecule has 31 heavy (non-hydrogen) atoms. The summed E-state index contributed by atoms with van der Waals surface area (Å²) < 4.78 is 1.81. The lowest BCUT2D eigenvalue weighted by Crippen LogP contribution is -2.40. The predicted octanol–water partition coefficient (Wildman–Crippen LogP) is 4.11. The molecule has 5 heteroatoms. The minimum Gasteiger partial charge on any atom is -0.391 e. The number of aliphatic hydroxyl groups excluding tert-OH is 1. The SMILES string of the molecule is CCc1cc2c(cc1Cc1ccc(-c3ccn(C)n3)cc1)C(=O)N(C1CCCC1O)C2. The second-order valence-electron chi connectivity index (χ2n) is 8.88. The van der Waals surface area contributed by atoms with Crippen LogP contribution in [0.15, 0.2) is 48.7 Å². The van der Waals surface area contributed by atoms with Gasteiger partial charge in [-0.2, -0.15) is 5.10 Å². The summed E-state index contributed by atoms with van der Waals surface area (Å²) in [7, 11) is 1.92. The van der Waals surface area contributed by atoms with Crippen LogP contribution in [0.5, 0.6) is 0 Å². The van der Waals surface area contributed by atoms with E-state index in [-0.39, 0.29) is 18.1 Å². The molecule has 2 aliphatic rings. The molecule has 2 heterocycles. The topological polar surface area (TPSA) is 58.4 Å². The summed E-state index contributed by atoms with van der Waals surface area (Å²) in [5.74, 6) is 0.0790. The highest BCUT2D eigenvalue weighted by Crippen LogP contribution is 2.34. The summed E-state index contributed by atoms with van der Waals surface area (Å²) in [4.78, 5) is 15.0. The maximum Gasteiger partial charge on any atom is 0.254 e. The molecular weight excluding hydrogens is 386 g/mol. The molecule has 0 bridgehead atoms. The first-order chi connectivity index (χ1) is 15.0. The van der Waals surface area contributed by atoms with Crippen LogP contribution in [0.3, 0.4) is 0 Å². The number of aliphatic hydroxyl groups is 1. The Hall–Kier alpha value is -2.92. The number of hydrogen-bond donors (Lipinski definition) is 1. The molecule has 1 aliphatic heterocycles. The van der Waals surface area contributed by atoms with Crippen molar-refractivity contribution in [1.29, 1.82) is 0 Å². The lowest BCUT2D eigenvalue weighted by atomic mass is 9.93. The fraction of sp³-hybridized carbons (Fsp3) is 0.385. The normalized spacial score (nSPS) is 20.5. The Morgan fingerprint density at radius 2 is 1.90 bits per heavy atom. The molecule has 0 saturated heterocycles. The zero-order chi connectivity index (χ0) is 21.5. The number of rotatable bonds is 5. The Labute approximate surface area is 183 Å². The summed E-state index contributed by atoms with van der Waals surface area (Å²) in [5.41, 5.74) is 7.74. The van der Waals surface area contributed by atoms with Crippen molar-refractivity contribution in [2.75, 3.05) is 0 Å². The van der Waals surface area contributed by atoms with Gasteiger partial charge < -0.3 is 10.0 Å². The quantitative estimate of drug-likeness (QED) is 0.682. The Morgan fingerprint density at radius 3 is 2.55 bits per heavy atom. The Balaban J connectivity index is 1.39. The maximum atomic E-state index is 13.1. The Bertz CT molecular complexity index is 1120. The Kier molecular flexibility index (Phi) is 5.14. The van der Waals surface area contributed by atoms with Gasteiger partial charge in [0.15, 0.2) is 0 Å². The van der Waals surface area contributed by atoms with E-state index < -0.39 is 0 Å². The fourth-order valence-electron chi connectivity index (χ4n) is 5.11. The van der Waals surface area contributed by atoms with Gasteiger partial charge in [0.25, 0.3) is 5.91 Å². The van der Waals surface area contributed by atoms with Gasteiger partial charge in [-0.25, -0.2) is 0 Å². The lowest BCUT2D eigenvalue weighted by Gasteiger charge is -2.26. The average molecular weight is 416 g/mol. The van der Waals surface area contributed by atoms with Gasteiger partial charge in [-0.3, -0.25) is 9.48 Å². The number of fused-ring (bicyclic) bond motifs is 1. The third-order valence-corrected chi connectivity index (χ3v) is 6.84. The van der Waals surface area contributed by atoms with E-state index in [1.807, 2.05) is 28.9 Å². The van der Waals surface area contributed by atoms with E-state index in [1.54, 1.807) is 0 Å². The zero-order valence-corrected chi connectivity index (χ0v) is 18.2. The average Bonchev–Trinajstić information content (AvgIpc) is 3.47. The number of aromatic nitrogens is 2. The van der Waals surface area contributed by atoms with E-state index in [0.717, 1.165) is 54.5 Å². The summed E-state index contributed by atoms with van der Waals surface area (Å²) in [6, 6.07) is 14.8. The van der Waals surface area contributed by atoms with Crippen LogP contribution in [-0.2, 0) is 26.4 Å². The van der Waals surface area contributed by atoms with E-state index in [4.69, 9.17) is 0 Å². The predicted molar refractivity (Wildman–Crippen MR) is 121 cm³/mol. The second kappa shape index (κ2) is 7.97. The molecule has 1 aliphatic carbocycles. The molecule has 3 aromatic rings. The first-order valence-corrected chi connectivity index (χ1v) is 11.3. The highest BCUT2D eigenvalue weighted by atomic mass is 16.3. The largest absolute Gasteiger partial charge is 0.391 e. The van der Waals surface area contributed by atoms with Crippen molar-refractivity contribution >= 4 is 5.91 Å². The maximum absolute atomic E-state index is 13.1. The highest BCUT2D eigenvalue weighted by Gasteiger charge is 2.38. The molecule has 1 N–H and O–H groups in total. The minimum atomic E-state index is -0.388. The summed E-state index contributed by atoms with van der Waals surface area (Å²) in [6.07, 6.45) is 5.99. The first-order valence-electron chi connectivity index (χ1n) is 11.3. The molecule has 1 fully saturated rings. The number of hydrogen-bond acceptors (Lipinski definition) is 3. The van der Waals surface area contributed by atoms with Crippen LogP contribution >= 0.6 is 0 Å². The van der Waals surface area contributed by atoms with Gasteiger partial charge in [0, 0.05) is 30.9 Å². The van der Waals surface area contributed by atoms with Crippen molar-refractivity contribution in [3.05, 3.63) is 76.5 Å². The number of benzene rings is 2. The molecule has 5 rings (SSSR count). The molecule has 160 valence electrons. The molecule has 2 unspecified atom stereocenters. The standard InChI is InChI=1S/C26H29N3O2/c1-3-18-14-21-16-29(24-5-4-6-25(24)30)26(31)22(21)15-20(18)13-17-7-9-19(10-8-17)23-11-12-28(2)27-23/h7-12,14-15,24-25,30H,3-6,13,16H2,1-2H3. The van der Waals surface area contributed by atoms with Crippen molar-refractivity contribution < 1.29 is 9.90 Å². The van der Waals surface area contributed by atoms with Gasteiger partial charge in [-0.05, 0) is 66.5 Å². The van der Waals surface area contributed by atoms with Crippen LogP contribution in [0, 0.1) is 0 Å². The van der Waals surface area contributed by atoms with Gasteiger partial charge in [0.2, 0.25) is 0 Å². The summed E-state index contributed by atoms with van der Waals surface area (Å²) in [5, 5.41) is 14.8. The van der Waals surface area contributed by atoms with Gasteiger partial charge >= 0.3 is 0 Å². The summed E-state index contributed by atoms with van der Waals surface area (Å²) >= 11 is 0. The molecule has 0 spiro atoms. The van der Waals surface area contributed by atoms with Crippen molar-refractivity contribution in [3.8, 4) is 11.3 Å². The van der Waals surface area contributed by atoms with Crippen LogP contribution in [-0.4, -0.2) is 37.8 Å². The van der Waals surface area contributed by atoms with Gasteiger partial charge in [0.1, 0.15) is 0 Å². The van der Waals surface area contributed by atoms with Crippen molar-refractivity contribution in [3.63, 3.8) is 0 Å². The van der Waals surface area contributed by atoms with Gasteiger partial charge in [0.05, 0.1) is 17.8 Å². The number of nitrogens with zero attached hydrogens (tertiary/aromatic N) is 3. The molecule has 2 aromatic carbocycles.